The molecule has 0 aromatic heterocycles. The summed E-state index contributed by atoms with van der Waals surface area (Å²) in [5.41, 5.74) is 0. The highest BCUT2D eigenvalue weighted by Crippen LogP contribution is 2.16. The highest BCUT2D eigenvalue weighted by Gasteiger charge is 2.19. The zero-order valence-electron chi connectivity index (χ0n) is 11.4. The highest BCUT2D eigenvalue weighted by atomic mass is 16.5. The molecular formula is C14H28O2. The van der Waals surface area contributed by atoms with E-state index in [1.54, 1.807) is 0 Å². The average Bonchev–Trinajstić information content (AvgIpc) is 2.28. The third kappa shape index (κ3) is 6.14. The summed E-state index contributed by atoms with van der Waals surface area (Å²) < 4.78 is 5.60. The molecule has 0 aliphatic rings. The molecule has 0 saturated carbocycles. The highest BCUT2D eigenvalue weighted by molar-refractivity contribution is 5.72. The molecule has 16 heavy (non-hydrogen) atoms. The van der Waals surface area contributed by atoms with E-state index in [0.717, 1.165) is 38.5 Å². The van der Waals surface area contributed by atoms with E-state index in [9.17, 15) is 4.79 Å². The lowest BCUT2D eigenvalue weighted by atomic mass is 10.0. The van der Waals surface area contributed by atoms with Crippen LogP contribution in [0.25, 0.3) is 0 Å². The molecule has 0 amide bonds. The minimum atomic E-state index is 0.0135. The third-order valence-electron chi connectivity index (χ3n) is 3.09. The number of rotatable bonds is 9. The Hall–Kier alpha value is -0.530. The number of esters is 1. The number of carbonyl (C=O) groups is 1. The van der Waals surface area contributed by atoms with Gasteiger partial charge in [-0.1, -0.05) is 47.0 Å². The molecule has 2 nitrogen and oxygen atoms in total. The second kappa shape index (κ2) is 9.68. The van der Waals surface area contributed by atoms with Gasteiger partial charge >= 0.3 is 5.97 Å². The lowest BCUT2D eigenvalue weighted by Crippen LogP contribution is -2.23. The molecule has 0 bridgehead atoms. The van der Waals surface area contributed by atoms with E-state index in [4.69, 9.17) is 4.74 Å². The van der Waals surface area contributed by atoms with Crippen molar-refractivity contribution in [3.63, 3.8) is 0 Å². The van der Waals surface area contributed by atoms with Crippen LogP contribution in [-0.4, -0.2) is 12.1 Å². The second-order valence-electron chi connectivity index (χ2n) is 4.50. The third-order valence-corrected chi connectivity index (χ3v) is 3.09. The van der Waals surface area contributed by atoms with Crippen molar-refractivity contribution in [2.45, 2.75) is 78.7 Å². The molecule has 0 rings (SSSR count). The van der Waals surface area contributed by atoms with Gasteiger partial charge in [0.2, 0.25) is 0 Å². The van der Waals surface area contributed by atoms with Crippen molar-refractivity contribution in [1.82, 2.24) is 0 Å². The fourth-order valence-electron chi connectivity index (χ4n) is 1.90. The number of hydrogen-bond acceptors (Lipinski definition) is 2. The number of carbonyl (C=O) groups excluding carboxylic acids is 1. The summed E-state index contributed by atoms with van der Waals surface area (Å²) in [4.78, 5) is 11.8. The Morgan fingerprint density at radius 2 is 1.62 bits per heavy atom. The molecule has 0 aliphatic carbocycles. The molecule has 0 radical (unpaired) electrons. The van der Waals surface area contributed by atoms with Crippen molar-refractivity contribution in [3.05, 3.63) is 0 Å². The number of unbranched alkanes of at least 4 members (excludes halogenated alkanes) is 1. The van der Waals surface area contributed by atoms with E-state index in [2.05, 4.69) is 27.7 Å². The maximum absolute atomic E-state index is 11.8. The van der Waals surface area contributed by atoms with Gasteiger partial charge in [-0.2, -0.15) is 0 Å². The molecule has 0 aromatic rings. The van der Waals surface area contributed by atoms with Gasteiger partial charge in [0.05, 0.1) is 5.92 Å². The van der Waals surface area contributed by atoms with E-state index >= 15 is 0 Å². The quantitative estimate of drug-likeness (QED) is 0.549. The van der Waals surface area contributed by atoms with Gasteiger partial charge in [0.25, 0.3) is 0 Å². The van der Waals surface area contributed by atoms with Crippen molar-refractivity contribution in [1.29, 1.82) is 0 Å². The topological polar surface area (TPSA) is 26.3 Å². The first kappa shape index (κ1) is 15.5. The molecule has 0 saturated heterocycles. The van der Waals surface area contributed by atoms with Gasteiger partial charge in [-0.25, -0.2) is 0 Å². The zero-order chi connectivity index (χ0) is 12.4. The van der Waals surface area contributed by atoms with Gasteiger partial charge < -0.3 is 4.74 Å². The first-order valence-corrected chi connectivity index (χ1v) is 6.89. The fourth-order valence-corrected chi connectivity index (χ4v) is 1.90. The van der Waals surface area contributed by atoms with Gasteiger partial charge in [0.15, 0.2) is 0 Å². The number of hydrogen-bond donors (Lipinski definition) is 0. The van der Waals surface area contributed by atoms with Crippen LogP contribution in [0, 0.1) is 5.92 Å². The van der Waals surface area contributed by atoms with Crippen LogP contribution in [0.3, 0.4) is 0 Å². The van der Waals surface area contributed by atoms with Crippen molar-refractivity contribution in [3.8, 4) is 0 Å². The first-order chi connectivity index (χ1) is 7.69. The van der Waals surface area contributed by atoms with Crippen LogP contribution in [0.5, 0.6) is 0 Å². The molecule has 96 valence electrons. The minimum absolute atomic E-state index is 0.0135. The Balaban J connectivity index is 4.09. The molecule has 1 unspecified atom stereocenters. The monoisotopic (exact) mass is 228 g/mol. The van der Waals surface area contributed by atoms with Gasteiger partial charge in [0, 0.05) is 0 Å². The summed E-state index contributed by atoms with van der Waals surface area (Å²) in [6.07, 6.45) is 7.37. The van der Waals surface area contributed by atoms with Crippen LogP contribution >= 0.6 is 0 Å². The van der Waals surface area contributed by atoms with Gasteiger partial charge in [-0.3, -0.25) is 4.79 Å². The molecule has 0 N–H and O–H groups in total. The Morgan fingerprint density at radius 3 is 2.06 bits per heavy atom. The molecule has 2 heteroatoms. The predicted molar refractivity (Wildman–Crippen MR) is 68.4 cm³/mol. The Kier molecular flexibility index (Phi) is 9.36. The molecule has 1 atom stereocenters. The first-order valence-electron chi connectivity index (χ1n) is 6.89. The lowest BCUT2D eigenvalue weighted by Gasteiger charge is -2.20. The van der Waals surface area contributed by atoms with E-state index in [1.165, 1.54) is 6.42 Å². The fraction of sp³-hybridized carbons (Fsp3) is 0.929. The SMILES string of the molecule is CCCCC(CCC)OC(=O)C(CC)CC. The van der Waals surface area contributed by atoms with Crippen LogP contribution in [0.2, 0.25) is 0 Å². The molecule has 0 aliphatic heterocycles. The molecule has 0 fully saturated rings. The second-order valence-corrected chi connectivity index (χ2v) is 4.50. The standard InChI is InChI=1S/C14H28O2/c1-5-9-11-13(10-6-2)16-14(15)12(7-3)8-4/h12-13H,5-11H2,1-4H3. The summed E-state index contributed by atoms with van der Waals surface area (Å²) in [5.74, 6) is 0.112. The largest absolute Gasteiger partial charge is 0.462 e. The van der Waals surface area contributed by atoms with Crippen molar-refractivity contribution < 1.29 is 9.53 Å². The molecule has 0 heterocycles. The normalized spacial score (nSPS) is 12.8. The number of ether oxygens (including phenoxy) is 1. The molecule has 0 spiro atoms. The Labute approximate surface area is 101 Å². The maximum Gasteiger partial charge on any atom is 0.309 e. The van der Waals surface area contributed by atoms with Crippen LogP contribution in [-0.2, 0) is 9.53 Å². The smallest absolute Gasteiger partial charge is 0.309 e. The zero-order valence-corrected chi connectivity index (χ0v) is 11.4. The average molecular weight is 228 g/mol. The van der Waals surface area contributed by atoms with E-state index in [-0.39, 0.29) is 18.0 Å². The van der Waals surface area contributed by atoms with Crippen molar-refractivity contribution in [2.24, 2.45) is 5.92 Å². The van der Waals surface area contributed by atoms with Gasteiger partial charge in [0.1, 0.15) is 6.10 Å². The Morgan fingerprint density at radius 1 is 1.00 bits per heavy atom. The van der Waals surface area contributed by atoms with Crippen LogP contribution in [0.15, 0.2) is 0 Å². The van der Waals surface area contributed by atoms with Crippen molar-refractivity contribution >= 4 is 5.97 Å². The van der Waals surface area contributed by atoms with Crippen LogP contribution in [0.4, 0.5) is 0 Å². The Bertz CT molecular complexity index is 174. The summed E-state index contributed by atoms with van der Waals surface area (Å²) in [5, 5.41) is 0. The van der Waals surface area contributed by atoms with E-state index in [1.807, 2.05) is 0 Å². The summed E-state index contributed by atoms with van der Waals surface area (Å²) in [6.45, 7) is 8.42. The predicted octanol–water partition coefficient (Wildman–Crippen LogP) is 4.32. The molecule has 0 aromatic carbocycles. The summed E-state index contributed by atoms with van der Waals surface area (Å²) in [6, 6.07) is 0. The van der Waals surface area contributed by atoms with E-state index in [0.29, 0.717) is 0 Å². The molecular weight excluding hydrogens is 200 g/mol. The van der Waals surface area contributed by atoms with Crippen LogP contribution in [0.1, 0.15) is 72.6 Å². The van der Waals surface area contributed by atoms with E-state index < -0.39 is 0 Å². The van der Waals surface area contributed by atoms with Crippen LogP contribution < -0.4 is 0 Å². The van der Waals surface area contributed by atoms with Gasteiger partial charge in [-0.15, -0.1) is 0 Å². The van der Waals surface area contributed by atoms with Crippen molar-refractivity contribution in [2.75, 3.05) is 0 Å². The summed E-state index contributed by atoms with van der Waals surface area (Å²) >= 11 is 0. The summed E-state index contributed by atoms with van der Waals surface area (Å²) in [7, 11) is 0. The lowest BCUT2D eigenvalue weighted by molar-refractivity contribution is -0.155. The van der Waals surface area contributed by atoms with Gasteiger partial charge in [-0.05, 0) is 25.7 Å². The minimum Gasteiger partial charge on any atom is -0.462 e. The maximum atomic E-state index is 11.8.